The lowest BCUT2D eigenvalue weighted by molar-refractivity contribution is 0.124. The van der Waals surface area contributed by atoms with Crippen molar-refractivity contribution >= 4 is 29.9 Å². The van der Waals surface area contributed by atoms with Crippen LogP contribution in [0.2, 0.25) is 0 Å². The van der Waals surface area contributed by atoms with E-state index in [1.807, 2.05) is 7.05 Å². The fourth-order valence-corrected chi connectivity index (χ4v) is 3.88. The quantitative estimate of drug-likeness (QED) is 0.292. The van der Waals surface area contributed by atoms with Gasteiger partial charge in [-0.2, -0.15) is 0 Å². The first-order chi connectivity index (χ1) is 13.9. The molecule has 0 radical (unpaired) electrons. The monoisotopic (exact) mass is 529 g/mol. The van der Waals surface area contributed by atoms with Crippen LogP contribution < -0.4 is 10.6 Å². The summed E-state index contributed by atoms with van der Waals surface area (Å²) in [5.41, 5.74) is 2.80. The number of aryl methyl sites for hydroxylation is 1. The summed E-state index contributed by atoms with van der Waals surface area (Å²) < 4.78 is 0. The van der Waals surface area contributed by atoms with Gasteiger partial charge < -0.3 is 20.4 Å². The number of hydrogen-bond acceptors (Lipinski definition) is 3. The van der Waals surface area contributed by atoms with Gasteiger partial charge in [-0.05, 0) is 30.0 Å². The first-order valence-corrected chi connectivity index (χ1v) is 11.4. The van der Waals surface area contributed by atoms with Gasteiger partial charge in [0, 0.05) is 58.3 Å². The minimum atomic E-state index is 0. The highest BCUT2D eigenvalue weighted by molar-refractivity contribution is 14.0. The lowest BCUT2D eigenvalue weighted by Crippen LogP contribution is -2.49. The number of hydrogen-bond donors (Lipinski definition) is 2. The molecule has 1 aliphatic rings. The zero-order valence-corrected chi connectivity index (χ0v) is 22.3. The molecule has 1 aromatic rings. The van der Waals surface area contributed by atoms with Crippen LogP contribution in [-0.2, 0) is 11.8 Å². The van der Waals surface area contributed by atoms with E-state index in [0.717, 1.165) is 32.0 Å². The molecule has 1 saturated heterocycles. The molecule has 1 fully saturated rings. The lowest BCUT2D eigenvalue weighted by atomic mass is 9.84. The molecule has 0 amide bonds. The third-order valence-corrected chi connectivity index (χ3v) is 6.17. The van der Waals surface area contributed by atoms with Crippen LogP contribution in [0.1, 0.15) is 45.7 Å². The summed E-state index contributed by atoms with van der Waals surface area (Å²) in [6.45, 7) is 20.2. The van der Waals surface area contributed by atoms with E-state index < -0.39 is 0 Å². The molecule has 1 atom stereocenters. The number of piperazine rings is 1. The maximum atomic E-state index is 4.43. The number of guanidine groups is 1. The lowest BCUT2D eigenvalue weighted by Gasteiger charge is -2.35. The molecule has 0 bridgehead atoms. The molecular weight excluding hydrogens is 485 g/mol. The minimum Gasteiger partial charge on any atom is -0.356 e. The van der Waals surface area contributed by atoms with Crippen molar-refractivity contribution in [1.82, 2.24) is 20.4 Å². The number of rotatable bonds is 9. The third kappa shape index (κ3) is 8.71. The van der Waals surface area contributed by atoms with E-state index in [4.69, 9.17) is 0 Å². The molecule has 1 aromatic carbocycles. The molecule has 1 unspecified atom stereocenters. The van der Waals surface area contributed by atoms with Crippen LogP contribution in [0.5, 0.6) is 0 Å². The van der Waals surface area contributed by atoms with Crippen LogP contribution in [0.25, 0.3) is 0 Å². The molecular formula is C24H44IN5. The molecule has 0 spiro atoms. The number of halogens is 1. The van der Waals surface area contributed by atoms with Crippen LogP contribution in [0.15, 0.2) is 29.3 Å². The molecule has 5 nitrogen and oxygen atoms in total. The van der Waals surface area contributed by atoms with E-state index in [1.54, 1.807) is 0 Å². The fraction of sp³-hybridized carbons (Fsp3) is 0.708. The van der Waals surface area contributed by atoms with Gasteiger partial charge in [-0.3, -0.25) is 4.99 Å². The molecule has 6 heteroatoms. The van der Waals surface area contributed by atoms with E-state index in [-0.39, 0.29) is 29.4 Å². The van der Waals surface area contributed by atoms with Gasteiger partial charge in [0.15, 0.2) is 5.96 Å². The molecule has 0 aromatic heterocycles. The topological polar surface area (TPSA) is 42.9 Å². The fourth-order valence-electron chi connectivity index (χ4n) is 3.88. The van der Waals surface area contributed by atoms with E-state index in [0.29, 0.717) is 5.92 Å². The van der Waals surface area contributed by atoms with E-state index in [9.17, 15) is 0 Å². The Morgan fingerprint density at radius 1 is 1.03 bits per heavy atom. The Morgan fingerprint density at radius 3 is 2.17 bits per heavy atom. The summed E-state index contributed by atoms with van der Waals surface area (Å²) in [6.07, 6.45) is 1.09. The average Bonchev–Trinajstić information content (AvgIpc) is 2.74. The van der Waals surface area contributed by atoms with E-state index in [2.05, 4.69) is 84.3 Å². The summed E-state index contributed by atoms with van der Waals surface area (Å²) >= 11 is 0. The third-order valence-electron chi connectivity index (χ3n) is 6.17. The largest absolute Gasteiger partial charge is 0.356 e. The van der Waals surface area contributed by atoms with Gasteiger partial charge in [0.25, 0.3) is 0 Å². The molecule has 2 N–H and O–H groups in total. The highest BCUT2D eigenvalue weighted by Gasteiger charge is 2.21. The summed E-state index contributed by atoms with van der Waals surface area (Å²) in [5, 5.41) is 7.05. The Balaban J connectivity index is 0.00000450. The summed E-state index contributed by atoms with van der Waals surface area (Å²) in [4.78, 5) is 9.55. The first-order valence-electron chi connectivity index (χ1n) is 11.4. The van der Waals surface area contributed by atoms with Gasteiger partial charge in [0.2, 0.25) is 0 Å². The Morgan fingerprint density at radius 2 is 1.63 bits per heavy atom. The van der Waals surface area contributed by atoms with Crippen molar-refractivity contribution in [1.29, 1.82) is 0 Å². The van der Waals surface area contributed by atoms with Crippen LogP contribution in [0, 0.1) is 5.92 Å². The zero-order chi connectivity index (χ0) is 21.3. The van der Waals surface area contributed by atoms with E-state index >= 15 is 0 Å². The van der Waals surface area contributed by atoms with Crippen molar-refractivity contribution in [3.63, 3.8) is 0 Å². The highest BCUT2D eigenvalue weighted by Crippen LogP contribution is 2.22. The Hall–Kier alpha value is -0.860. The van der Waals surface area contributed by atoms with Crippen molar-refractivity contribution in [2.45, 2.75) is 46.5 Å². The second-order valence-electron chi connectivity index (χ2n) is 9.08. The summed E-state index contributed by atoms with van der Waals surface area (Å²) in [6, 6.07) is 9.01. The number of likely N-dealkylation sites (N-methyl/N-ethyl adjacent to an activating group) is 1. The minimum absolute atomic E-state index is 0. The summed E-state index contributed by atoms with van der Waals surface area (Å²) in [7, 11) is 1.85. The highest BCUT2D eigenvalue weighted by atomic mass is 127. The van der Waals surface area contributed by atoms with Crippen LogP contribution >= 0.6 is 24.0 Å². The smallest absolute Gasteiger partial charge is 0.191 e. The van der Waals surface area contributed by atoms with Crippen LogP contribution in [-0.4, -0.2) is 75.2 Å². The maximum Gasteiger partial charge on any atom is 0.191 e. The van der Waals surface area contributed by atoms with Crippen LogP contribution in [0.4, 0.5) is 0 Å². The number of nitrogens with zero attached hydrogens (tertiary/aromatic N) is 3. The second kappa shape index (κ2) is 13.5. The van der Waals surface area contributed by atoms with Gasteiger partial charge >= 0.3 is 0 Å². The maximum absolute atomic E-state index is 4.43. The van der Waals surface area contributed by atoms with Crippen molar-refractivity contribution in [2.24, 2.45) is 10.9 Å². The van der Waals surface area contributed by atoms with Gasteiger partial charge in [-0.1, -0.05) is 58.9 Å². The Bertz CT molecular complexity index is 621. The Kier molecular flexibility index (Phi) is 12.3. The SMILES string of the molecule is CCc1ccc(C(C)(C)CNC(=NC)NCC(C)CN2CCN(CC)CC2)cc1.I. The average molecular weight is 530 g/mol. The Labute approximate surface area is 202 Å². The molecule has 1 heterocycles. The van der Waals surface area contributed by atoms with E-state index in [1.165, 1.54) is 43.9 Å². The molecule has 1 aliphatic heterocycles. The summed E-state index contributed by atoms with van der Waals surface area (Å²) in [5.74, 6) is 1.49. The molecule has 172 valence electrons. The predicted octanol–water partition coefficient (Wildman–Crippen LogP) is 3.58. The molecule has 30 heavy (non-hydrogen) atoms. The van der Waals surface area contributed by atoms with Crippen molar-refractivity contribution in [2.75, 3.05) is 59.4 Å². The molecule has 2 rings (SSSR count). The zero-order valence-electron chi connectivity index (χ0n) is 20.0. The normalized spacial score (nSPS) is 17.3. The van der Waals surface area contributed by atoms with Crippen molar-refractivity contribution in [3.8, 4) is 0 Å². The molecule has 0 aliphatic carbocycles. The van der Waals surface area contributed by atoms with Crippen molar-refractivity contribution < 1.29 is 0 Å². The second-order valence-corrected chi connectivity index (χ2v) is 9.08. The first kappa shape index (κ1) is 27.2. The van der Waals surface area contributed by atoms with Gasteiger partial charge in [-0.25, -0.2) is 0 Å². The van der Waals surface area contributed by atoms with Gasteiger partial charge in [0.05, 0.1) is 0 Å². The van der Waals surface area contributed by atoms with Crippen LogP contribution in [0.3, 0.4) is 0 Å². The van der Waals surface area contributed by atoms with Gasteiger partial charge in [0.1, 0.15) is 0 Å². The van der Waals surface area contributed by atoms with Crippen molar-refractivity contribution in [3.05, 3.63) is 35.4 Å². The number of nitrogens with one attached hydrogen (secondary N) is 2. The standard InChI is InChI=1S/C24H43N5.HI/c1-7-21-9-11-22(12-10-21)24(4,5)19-27-23(25-6)26-17-20(3)18-29-15-13-28(8-2)14-16-29;/h9-12,20H,7-8,13-19H2,1-6H3,(H2,25,26,27);1H. The molecule has 0 saturated carbocycles. The van der Waals surface area contributed by atoms with Gasteiger partial charge in [-0.15, -0.1) is 24.0 Å². The number of aliphatic imine (C=N–C) groups is 1. The number of benzene rings is 1. The predicted molar refractivity (Wildman–Crippen MR) is 141 cm³/mol.